The number of fused-ring (bicyclic) bond motifs is 4. The first-order valence-corrected chi connectivity index (χ1v) is 13.5. The van der Waals surface area contributed by atoms with Crippen molar-refractivity contribution in [3.05, 3.63) is 77.9 Å². The summed E-state index contributed by atoms with van der Waals surface area (Å²) in [5, 5.41) is 12.9. The Morgan fingerprint density at radius 2 is 1.75 bits per heavy atom. The van der Waals surface area contributed by atoms with Gasteiger partial charge in [0.05, 0.1) is 25.4 Å². The summed E-state index contributed by atoms with van der Waals surface area (Å²) in [7, 11) is 1.71. The molecular formula is C31H35N3O6. The Morgan fingerprint density at radius 1 is 1.05 bits per heavy atom. The molecule has 3 atom stereocenters. The summed E-state index contributed by atoms with van der Waals surface area (Å²) in [5.41, 5.74) is 3.88. The fourth-order valence-electron chi connectivity index (χ4n) is 5.10. The number of carbonyl (C=O) groups is 2. The number of urea groups is 1. The molecule has 0 spiro atoms. The van der Waals surface area contributed by atoms with E-state index in [2.05, 4.69) is 5.32 Å². The smallest absolute Gasteiger partial charge is 0.321 e. The van der Waals surface area contributed by atoms with E-state index in [4.69, 9.17) is 14.2 Å². The number of benzene rings is 3. The Balaban J connectivity index is 1.41. The summed E-state index contributed by atoms with van der Waals surface area (Å²) in [6, 6.07) is 20.0. The highest BCUT2D eigenvalue weighted by atomic mass is 16.7. The minimum Gasteiger partial charge on any atom is -0.454 e. The van der Waals surface area contributed by atoms with Crippen LogP contribution in [0.5, 0.6) is 11.5 Å². The average Bonchev–Trinajstić information content (AvgIpc) is 3.44. The van der Waals surface area contributed by atoms with Crippen molar-refractivity contribution < 1.29 is 28.9 Å². The lowest BCUT2D eigenvalue weighted by molar-refractivity contribution is -0.0178. The van der Waals surface area contributed by atoms with Gasteiger partial charge in [-0.2, -0.15) is 0 Å². The molecule has 0 bridgehead atoms. The van der Waals surface area contributed by atoms with Crippen LogP contribution >= 0.6 is 0 Å². The second-order valence-electron chi connectivity index (χ2n) is 10.4. The van der Waals surface area contributed by atoms with Gasteiger partial charge in [0.1, 0.15) is 0 Å². The molecule has 9 heteroatoms. The fraction of sp³-hybridized carbons (Fsp3) is 0.355. The van der Waals surface area contributed by atoms with Crippen LogP contribution in [0.25, 0.3) is 11.1 Å². The van der Waals surface area contributed by atoms with Crippen molar-refractivity contribution in [2.75, 3.05) is 38.9 Å². The Labute approximate surface area is 234 Å². The van der Waals surface area contributed by atoms with E-state index in [1.54, 1.807) is 35.0 Å². The van der Waals surface area contributed by atoms with Crippen LogP contribution in [0.2, 0.25) is 0 Å². The number of ether oxygens (including phenoxy) is 3. The minimum atomic E-state index is -0.397. The normalized spacial score (nSPS) is 19.2. The molecule has 0 saturated heterocycles. The van der Waals surface area contributed by atoms with Gasteiger partial charge < -0.3 is 34.4 Å². The molecular weight excluding hydrogens is 510 g/mol. The Morgan fingerprint density at radius 3 is 2.52 bits per heavy atom. The molecule has 2 N–H and O–H groups in total. The Bertz CT molecular complexity index is 1380. The van der Waals surface area contributed by atoms with Crippen molar-refractivity contribution in [2.45, 2.75) is 32.6 Å². The quantitative estimate of drug-likeness (QED) is 0.486. The summed E-state index contributed by atoms with van der Waals surface area (Å²) in [6.45, 7) is 4.80. The SMILES string of the molecule is C[C@@H]1CN([C@@H](C)CO)C(=O)c2ccccc2-c2ccccc2CO[C@H]1CN(C)C(=O)Nc1ccc2c(c1)OCO2. The number of aliphatic hydroxyl groups is 1. The zero-order valence-electron chi connectivity index (χ0n) is 23.0. The molecule has 2 heterocycles. The Kier molecular flexibility index (Phi) is 8.23. The van der Waals surface area contributed by atoms with Crippen LogP contribution < -0.4 is 14.8 Å². The molecule has 3 aromatic rings. The van der Waals surface area contributed by atoms with Crippen LogP contribution in [0.4, 0.5) is 10.5 Å². The molecule has 40 heavy (non-hydrogen) atoms. The maximum atomic E-state index is 13.9. The van der Waals surface area contributed by atoms with Gasteiger partial charge in [0.2, 0.25) is 6.79 Å². The first kappa shape index (κ1) is 27.5. The Hall–Kier alpha value is -4.08. The molecule has 2 aliphatic heterocycles. The first-order valence-electron chi connectivity index (χ1n) is 13.5. The van der Waals surface area contributed by atoms with Crippen LogP contribution in [0, 0.1) is 5.92 Å². The van der Waals surface area contributed by atoms with Gasteiger partial charge in [0.25, 0.3) is 5.91 Å². The third-order valence-corrected chi connectivity index (χ3v) is 7.52. The van der Waals surface area contributed by atoms with Crippen molar-refractivity contribution >= 4 is 17.6 Å². The van der Waals surface area contributed by atoms with Crippen molar-refractivity contribution in [2.24, 2.45) is 5.92 Å². The van der Waals surface area contributed by atoms with Crippen LogP contribution in [-0.2, 0) is 11.3 Å². The van der Waals surface area contributed by atoms with E-state index in [9.17, 15) is 14.7 Å². The number of likely N-dealkylation sites (N-methyl/N-ethyl adjacent to an activating group) is 1. The number of nitrogens with one attached hydrogen (secondary N) is 1. The summed E-state index contributed by atoms with van der Waals surface area (Å²) < 4.78 is 17.3. The summed E-state index contributed by atoms with van der Waals surface area (Å²) in [6.07, 6.45) is -0.386. The summed E-state index contributed by atoms with van der Waals surface area (Å²) in [4.78, 5) is 30.3. The fourth-order valence-corrected chi connectivity index (χ4v) is 5.10. The topological polar surface area (TPSA) is 101 Å². The van der Waals surface area contributed by atoms with E-state index < -0.39 is 6.04 Å². The largest absolute Gasteiger partial charge is 0.454 e. The van der Waals surface area contributed by atoms with E-state index >= 15 is 0 Å². The molecule has 9 nitrogen and oxygen atoms in total. The average molecular weight is 546 g/mol. The maximum Gasteiger partial charge on any atom is 0.321 e. The number of anilines is 1. The molecule has 0 saturated carbocycles. The highest BCUT2D eigenvalue weighted by molar-refractivity contribution is 6.01. The molecule has 0 aromatic heterocycles. The number of carbonyl (C=O) groups excluding carboxylic acids is 2. The first-order chi connectivity index (χ1) is 19.4. The number of rotatable bonds is 5. The van der Waals surface area contributed by atoms with Crippen molar-refractivity contribution in [3.8, 4) is 22.6 Å². The van der Waals surface area contributed by atoms with Gasteiger partial charge in [0, 0.05) is 43.4 Å². The predicted octanol–water partition coefficient (Wildman–Crippen LogP) is 4.60. The number of hydrogen-bond acceptors (Lipinski definition) is 6. The van der Waals surface area contributed by atoms with Crippen LogP contribution in [0.3, 0.4) is 0 Å². The van der Waals surface area contributed by atoms with Gasteiger partial charge in [-0.3, -0.25) is 4.79 Å². The number of amides is 3. The second kappa shape index (κ2) is 12.0. The van der Waals surface area contributed by atoms with E-state index in [-0.39, 0.29) is 37.4 Å². The second-order valence-corrected chi connectivity index (χ2v) is 10.4. The zero-order chi connectivity index (χ0) is 28.2. The van der Waals surface area contributed by atoms with Crippen LogP contribution in [-0.4, -0.2) is 72.5 Å². The third kappa shape index (κ3) is 5.76. The van der Waals surface area contributed by atoms with Crippen LogP contribution in [0.1, 0.15) is 29.8 Å². The molecule has 0 fully saturated rings. The number of aliphatic hydroxyl groups excluding tert-OH is 1. The van der Waals surface area contributed by atoms with Crippen molar-refractivity contribution in [3.63, 3.8) is 0 Å². The molecule has 2 aliphatic rings. The molecule has 5 rings (SSSR count). The molecule has 0 radical (unpaired) electrons. The lowest BCUT2D eigenvalue weighted by atomic mass is 9.94. The van der Waals surface area contributed by atoms with Crippen molar-refractivity contribution in [1.29, 1.82) is 0 Å². The van der Waals surface area contributed by atoms with E-state index in [1.165, 1.54) is 0 Å². The van der Waals surface area contributed by atoms with Gasteiger partial charge in [-0.05, 0) is 41.8 Å². The summed E-state index contributed by atoms with van der Waals surface area (Å²) in [5.74, 6) is 0.942. The highest BCUT2D eigenvalue weighted by Crippen LogP contribution is 2.34. The van der Waals surface area contributed by atoms with E-state index in [0.717, 1.165) is 16.7 Å². The zero-order valence-corrected chi connectivity index (χ0v) is 23.0. The van der Waals surface area contributed by atoms with E-state index in [1.807, 2.05) is 62.4 Å². The third-order valence-electron chi connectivity index (χ3n) is 7.52. The molecule has 3 aromatic carbocycles. The number of hydrogen-bond donors (Lipinski definition) is 2. The van der Waals surface area contributed by atoms with Gasteiger partial charge in [0.15, 0.2) is 11.5 Å². The van der Waals surface area contributed by atoms with Crippen molar-refractivity contribution in [1.82, 2.24) is 9.80 Å². The van der Waals surface area contributed by atoms with Gasteiger partial charge in [-0.1, -0.05) is 49.4 Å². The van der Waals surface area contributed by atoms with Crippen LogP contribution in [0.15, 0.2) is 66.7 Å². The van der Waals surface area contributed by atoms with Gasteiger partial charge >= 0.3 is 6.03 Å². The molecule has 210 valence electrons. The number of nitrogens with zero attached hydrogens (tertiary/aromatic N) is 2. The lowest BCUT2D eigenvalue weighted by Gasteiger charge is -2.35. The molecule has 0 unspecified atom stereocenters. The molecule has 3 amide bonds. The highest BCUT2D eigenvalue weighted by Gasteiger charge is 2.31. The van der Waals surface area contributed by atoms with E-state index in [0.29, 0.717) is 42.4 Å². The van der Waals surface area contributed by atoms with Gasteiger partial charge in [-0.15, -0.1) is 0 Å². The standard InChI is InChI=1S/C31H35N3O6/c1-20-15-34(21(2)17-35)30(36)26-11-7-6-10-25(26)24-9-5-4-8-22(24)18-38-29(20)16-33(3)31(37)32-23-12-13-27-28(14-23)40-19-39-27/h4-14,20-21,29,35H,15-19H2,1-3H3,(H,32,37)/t20-,21+,29+/m1/s1. The maximum absolute atomic E-state index is 13.9. The summed E-state index contributed by atoms with van der Waals surface area (Å²) >= 11 is 0. The lowest BCUT2D eigenvalue weighted by Crippen LogP contribution is -2.48. The minimum absolute atomic E-state index is 0.142. The molecule has 0 aliphatic carbocycles. The van der Waals surface area contributed by atoms with Gasteiger partial charge in [-0.25, -0.2) is 4.79 Å². The predicted molar refractivity (Wildman–Crippen MR) is 151 cm³/mol. The monoisotopic (exact) mass is 545 g/mol.